The van der Waals surface area contributed by atoms with E-state index in [4.69, 9.17) is 0 Å². The maximum Gasteiger partial charge on any atom is 0.282 e. The number of hydrogen-bond acceptors (Lipinski definition) is 4. The summed E-state index contributed by atoms with van der Waals surface area (Å²) in [6.45, 7) is 8.07. The molecule has 0 N–H and O–H groups in total. The lowest BCUT2D eigenvalue weighted by molar-refractivity contribution is -0.114. The number of rotatable bonds is 5. The Hall–Kier alpha value is -2.95. The molecule has 0 saturated carbocycles. The van der Waals surface area contributed by atoms with Crippen molar-refractivity contribution in [3.05, 3.63) is 59.8 Å². The molecule has 1 aliphatic rings. The lowest BCUT2D eigenvalue weighted by Crippen LogP contribution is -2.22. The summed E-state index contributed by atoms with van der Waals surface area (Å²) in [5.41, 5.74) is 3.46. The van der Waals surface area contributed by atoms with Gasteiger partial charge < -0.3 is 4.90 Å². The molecule has 0 bridgehead atoms. The van der Waals surface area contributed by atoms with Crippen LogP contribution in [0.25, 0.3) is 6.08 Å². The van der Waals surface area contributed by atoms with Crippen molar-refractivity contribution in [1.82, 2.24) is 4.98 Å². The number of nitrogens with zero attached hydrogens (tertiary/aromatic N) is 4. The second kappa shape index (κ2) is 7.30. The molecule has 1 aliphatic heterocycles. The summed E-state index contributed by atoms with van der Waals surface area (Å²) in [6.07, 6.45) is 3.54. The minimum atomic E-state index is -0.149. The first-order valence-electron chi connectivity index (χ1n) is 8.51. The fourth-order valence-electron chi connectivity index (χ4n) is 2.86. The summed E-state index contributed by atoms with van der Waals surface area (Å²) in [7, 11) is 0. The van der Waals surface area contributed by atoms with Crippen LogP contribution in [0.1, 0.15) is 26.3 Å². The first kappa shape index (κ1) is 16.9. The van der Waals surface area contributed by atoms with Gasteiger partial charge in [-0.1, -0.05) is 18.2 Å². The number of carbonyl (C=O) groups excluding carboxylic acids is 1. The Balaban J connectivity index is 1.84. The Morgan fingerprint density at radius 1 is 1.08 bits per heavy atom. The van der Waals surface area contributed by atoms with Gasteiger partial charge in [-0.05, 0) is 56.7 Å². The molecule has 128 valence electrons. The van der Waals surface area contributed by atoms with Gasteiger partial charge in [0.05, 0.1) is 11.3 Å². The number of carbonyl (C=O) groups is 1. The zero-order chi connectivity index (χ0) is 17.8. The summed E-state index contributed by atoms with van der Waals surface area (Å²) in [6, 6.07) is 13.7. The van der Waals surface area contributed by atoms with Gasteiger partial charge in [0.1, 0.15) is 0 Å². The smallest absolute Gasteiger partial charge is 0.282 e. The third kappa shape index (κ3) is 3.45. The highest BCUT2D eigenvalue weighted by Gasteiger charge is 2.29. The van der Waals surface area contributed by atoms with Crippen molar-refractivity contribution >= 4 is 29.2 Å². The van der Waals surface area contributed by atoms with Crippen molar-refractivity contribution in [1.29, 1.82) is 0 Å². The van der Waals surface area contributed by atoms with Gasteiger partial charge in [-0.2, -0.15) is 10.1 Å². The fraction of sp³-hybridized carbons (Fsp3) is 0.250. The van der Waals surface area contributed by atoms with Crippen LogP contribution >= 0.6 is 0 Å². The molecule has 5 nitrogen and oxygen atoms in total. The van der Waals surface area contributed by atoms with E-state index in [9.17, 15) is 4.79 Å². The maximum atomic E-state index is 12.7. The molecular formula is C20H22N4O. The summed E-state index contributed by atoms with van der Waals surface area (Å²) in [4.78, 5) is 19.2. The van der Waals surface area contributed by atoms with E-state index in [2.05, 4.69) is 41.0 Å². The van der Waals surface area contributed by atoms with Gasteiger partial charge in [0.25, 0.3) is 5.91 Å². The molecule has 3 rings (SSSR count). The van der Waals surface area contributed by atoms with Gasteiger partial charge in [-0.3, -0.25) is 4.79 Å². The van der Waals surface area contributed by atoms with Crippen molar-refractivity contribution in [3.63, 3.8) is 0 Å². The molecule has 0 fully saturated rings. The molecule has 2 aromatic rings. The predicted octanol–water partition coefficient (Wildman–Crippen LogP) is 3.73. The Kier molecular flexibility index (Phi) is 4.93. The van der Waals surface area contributed by atoms with E-state index in [-0.39, 0.29) is 5.91 Å². The molecule has 0 radical (unpaired) electrons. The first-order chi connectivity index (χ1) is 12.1. The minimum absolute atomic E-state index is 0.149. The second-order valence-electron chi connectivity index (χ2n) is 5.81. The molecular weight excluding hydrogens is 312 g/mol. The predicted molar refractivity (Wildman–Crippen MR) is 103 cm³/mol. The van der Waals surface area contributed by atoms with Crippen molar-refractivity contribution in [2.24, 2.45) is 5.10 Å². The van der Waals surface area contributed by atoms with Crippen LogP contribution in [0, 0.1) is 0 Å². The first-order valence-corrected chi connectivity index (χ1v) is 8.51. The van der Waals surface area contributed by atoms with Crippen LogP contribution in [-0.2, 0) is 4.79 Å². The molecule has 0 aliphatic carbocycles. The van der Waals surface area contributed by atoms with Crippen molar-refractivity contribution in [2.45, 2.75) is 20.8 Å². The molecule has 25 heavy (non-hydrogen) atoms. The number of aromatic nitrogens is 1. The van der Waals surface area contributed by atoms with Crippen LogP contribution in [0.3, 0.4) is 0 Å². The zero-order valence-corrected chi connectivity index (χ0v) is 14.8. The maximum absolute atomic E-state index is 12.7. The Morgan fingerprint density at radius 2 is 1.80 bits per heavy atom. The number of pyridine rings is 1. The summed E-state index contributed by atoms with van der Waals surface area (Å²) < 4.78 is 0. The van der Waals surface area contributed by atoms with E-state index in [0.717, 1.165) is 18.7 Å². The summed E-state index contributed by atoms with van der Waals surface area (Å²) >= 11 is 0. The van der Waals surface area contributed by atoms with E-state index in [1.807, 2.05) is 37.3 Å². The third-order valence-electron chi connectivity index (χ3n) is 4.26. The number of hydrogen-bond donors (Lipinski definition) is 0. The van der Waals surface area contributed by atoms with Crippen LogP contribution < -0.4 is 9.91 Å². The summed E-state index contributed by atoms with van der Waals surface area (Å²) in [5.74, 6) is 0.385. The van der Waals surface area contributed by atoms with Crippen molar-refractivity contribution in [2.75, 3.05) is 23.0 Å². The fourth-order valence-corrected chi connectivity index (χ4v) is 2.86. The number of benzene rings is 1. The van der Waals surface area contributed by atoms with E-state index in [0.29, 0.717) is 17.1 Å². The molecule has 0 saturated heterocycles. The van der Waals surface area contributed by atoms with E-state index in [1.165, 1.54) is 10.7 Å². The van der Waals surface area contributed by atoms with Gasteiger partial charge in [0.15, 0.2) is 5.82 Å². The number of hydrazone groups is 1. The second-order valence-corrected chi connectivity index (χ2v) is 5.81. The van der Waals surface area contributed by atoms with E-state index < -0.39 is 0 Å². The lowest BCUT2D eigenvalue weighted by atomic mass is 10.1. The zero-order valence-electron chi connectivity index (χ0n) is 14.8. The number of amides is 1. The average molecular weight is 334 g/mol. The highest BCUT2D eigenvalue weighted by atomic mass is 16.2. The monoisotopic (exact) mass is 334 g/mol. The Bertz CT molecular complexity index is 805. The highest BCUT2D eigenvalue weighted by molar-refractivity contribution is 6.31. The van der Waals surface area contributed by atoms with Gasteiger partial charge in [-0.15, -0.1) is 0 Å². The molecule has 0 unspecified atom stereocenters. The standard InChI is InChI=1S/C20H22N4O/c1-4-23(5-2)17-11-9-16(10-12-17)14-18-15(3)22-24(20(18)25)19-8-6-7-13-21-19/h6-14H,4-5H2,1-3H3/b18-14-. The van der Waals surface area contributed by atoms with Crippen molar-refractivity contribution < 1.29 is 4.79 Å². The number of anilines is 2. The molecule has 0 atom stereocenters. The molecule has 2 heterocycles. The average Bonchev–Trinajstić information content (AvgIpc) is 2.93. The highest BCUT2D eigenvalue weighted by Crippen LogP contribution is 2.24. The SMILES string of the molecule is CCN(CC)c1ccc(/C=C2\C(=O)N(c3ccccn3)N=C2C)cc1. The molecule has 1 amide bonds. The summed E-state index contributed by atoms with van der Waals surface area (Å²) in [5, 5.41) is 5.70. The Labute approximate surface area is 148 Å². The van der Waals surface area contributed by atoms with Gasteiger partial charge in [0, 0.05) is 25.0 Å². The minimum Gasteiger partial charge on any atom is -0.372 e. The largest absolute Gasteiger partial charge is 0.372 e. The quantitative estimate of drug-likeness (QED) is 0.783. The van der Waals surface area contributed by atoms with Crippen LogP contribution in [0.2, 0.25) is 0 Å². The van der Waals surface area contributed by atoms with Crippen LogP contribution in [0.15, 0.2) is 59.3 Å². The van der Waals surface area contributed by atoms with Gasteiger partial charge >= 0.3 is 0 Å². The molecule has 0 spiro atoms. The Morgan fingerprint density at radius 3 is 2.40 bits per heavy atom. The van der Waals surface area contributed by atoms with Crippen LogP contribution in [-0.4, -0.2) is 29.7 Å². The van der Waals surface area contributed by atoms with Crippen LogP contribution in [0.4, 0.5) is 11.5 Å². The van der Waals surface area contributed by atoms with E-state index in [1.54, 1.807) is 12.3 Å². The van der Waals surface area contributed by atoms with Crippen LogP contribution in [0.5, 0.6) is 0 Å². The van der Waals surface area contributed by atoms with Gasteiger partial charge in [-0.25, -0.2) is 4.98 Å². The van der Waals surface area contributed by atoms with Gasteiger partial charge in [0.2, 0.25) is 0 Å². The lowest BCUT2D eigenvalue weighted by Gasteiger charge is -2.20. The topological polar surface area (TPSA) is 48.8 Å². The molecule has 1 aromatic heterocycles. The molecule has 1 aromatic carbocycles. The normalized spacial score (nSPS) is 15.6. The molecule has 5 heteroatoms. The third-order valence-corrected chi connectivity index (χ3v) is 4.26. The van der Waals surface area contributed by atoms with E-state index >= 15 is 0 Å². The van der Waals surface area contributed by atoms with Crippen molar-refractivity contribution in [3.8, 4) is 0 Å².